The molecule has 0 aliphatic rings. The topological polar surface area (TPSA) is 0 Å². The molecule has 0 bridgehead atoms. The second kappa shape index (κ2) is 6.39. The molecule has 0 nitrogen and oxygen atoms in total. The summed E-state index contributed by atoms with van der Waals surface area (Å²) in [5.41, 5.74) is 0. The van der Waals surface area contributed by atoms with Crippen LogP contribution in [0.3, 0.4) is 0 Å². The summed E-state index contributed by atoms with van der Waals surface area (Å²) in [6, 6.07) is 18.9. The summed E-state index contributed by atoms with van der Waals surface area (Å²) < 4.78 is 42.5. The van der Waals surface area contributed by atoms with Gasteiger partial charge >= 0.3 is 131 Å². The van der Waals surface area contributed by atoms with E-state index in [2.05, 4.69) is 0 Å². The number of benzene rings is 3. The summed E-state index contributed by atoms with van der Waals surface area (Å²) in [6.07, 6.45) is 0. The van der Waals surface area contributed by atoms with Crippen LogP contribution < -0.4 is 13.4 Å². The quantitative estimate of drug-likeness (QED) is 0.627. The Morgan fingerprint density at radius 3 is 0.864 bits per heavy atom. The van der Waals surface area contributed by atoms with Crippen molar-refractivity contribution in [2.45, 2.75) is 0 Å². The molecule has 0 amide bonds. The van der Waals surface area contributed by atoms with Crippen molar-refractivity contribution in [1.29, 1.82) is 0 Å². The van der Waals surface area contributed by atoms with E-state index >= 15 is 0 Å². The average Bonchev–Trinajstić information content (AvgIpc) is 2.53. The van der Waals surface area contributed by atoms with Gasteiger partial charge in [0.2, 0.25) is 0 Å². The van der Waals surface area contributed by atoms with Crippen LogP contribution in [0.15, 0.2) is 72.8 Å². The van der Waals surface area contributed by atoms with Gasteiger partial charge in [-0.05, 0) is 0 Å². The van der Waals surface area contributed by atoms with Crippen molar-refractivity contribution in [1.82, 2.24) is 0 Å². The Morgan fingerprint density at radius 1 is 0.409 bits per heavy atom. The van der Waals surface area contributed by atoms with Crippen LogP contribution in [0, 0.1) is 17.5 Å². The molecule has 111 valence electrons. The standard InChI is InChI=1S/C18H12F3Se/c19-13-1-7-16(8-2-13)22(17-9-3-14(20)4-10-17)18-11-5-15(21)6-12-18/h1-12H. The Morgan fingerprint density at radius 2 is 0.636 bits per heavy atom. The van der Waals surface area contributed by atoms with Crippen molar-refractivity contribution in [2.24, 2.45) is 0 Å². The minimum atomic E-state index is -1.70. The van der Waals surface area contributed by atoms with Gasteiger partial charge in [0.15, 0.2) is 0 Å². The molecule has 22 heavy (non-hydrogen) atoms. The van der Waals surface area contributed by atoms with Crippen molar-refractivity contribution in [3.05, 3.63) is 90.2 Å². The van der Waals surface area contributed by atoms with Crippen molar-refractivity contribution in [3.63, 3.8) is 0 Å². The first-order valence-electron chi connectivity index (χ1n) is 6.64. The van der Waals surface area contributed by atoms with Gasteiger partial charge in [0.1, 0.15) is 0 Å². The van der Waals surface area contributed by atoms with Crippen molar-refractivity contribution < 1.29 is 13.2 Å². The fourth-order valence-corrected chi connectivity index (χ4v) is 6.40. The van der Waals surface area contributed by atoms with Gasteiger partial charge in [-0.15, -0.1) is 0 Å². The Kier molecular flexibility index (Phi) is 4.32. The maximum absolute atomic E-state index is 13.2. The molecule has 0 spiro atoms. The molecule has 0 fully saturated rings. The van der Waals surface area contributed by atoms with E-state index in [-0.39, 0.29) is 17.5 Å². The summed E-state index contributed by atoms with van der Waals surface area (Å²) in [5, 5.41) is 0. The first-order valence-corrected chi connectivity index (χ1v) is 9.21. The number of rotatable bonds is 3. The molecule has 0 aliphatic carbocycles. The first-order chi connectivity index (χ1) is 10.6. The summed E-state index contributed by atoms with van der Waals surface area (Å²) in [5.74, 6) is -0.896. The minimum absolute atomic E-state index is 0.299. The molecular weight excluding hydrogens is 352 g/mol. The first kappa shape index (κ1) is 14.9. The molecule has 0 saturated carbocycles. The molecular formula is C18H12F3Se. The van der Waals surface area contributed by atoms with Gasteiger partial charge < -0.3 is 0 Å². The van der Waals surface area contributed by atoms with Crippen LogP contribution in [0.2, 0.25) is 0 Å². The van der Waals surface area contributed by atoms with E-state index in [9.17, 15) is 13.2 Å². The van der Waals surface area contributed by atoms with Gasteiger partial charge in [0.05, 0.1) is 0 Å². The normalized spacial score (nSPS) is 10.9. The number of hydrogen-bond donors (Lipinski definition) is 0. The molecule has 3 aromatic rings. The van der Waals surface area contributed by atoms with Crippen LogP contribution in [-0.4, -0.2) is 13.9 Å². The molecule has 0 saturated heterocycles. The van der Waals surface area contributed by atoms with E-state index in [0.29, 0.717) is 0 Å². The molecule has 0 aliphatic heterocycles. The monoisotopic (exact) mass is 365 g/mol. The molecule has 3 aromatic carbocycles. The molecule has 4 heteroatoms. The summed E-state index contributed by atoms with van der Waals surface area (Å²) in [7, 11) is 0. The van der Waals surface area contributed by atoms with E-state index in [1.807, 2.05) is 0 Å². The third kappa shape index (κ3) is 3.24. The average molecular weight is 364 g/mol. The Bertz CT molecular complexity index is 642. The van der Waals surface area contributed by atoms with Gasteiger partial charge in [-0.1, -0.05) is 0 Å². The van der Waals surface area contributed by atoms with Gasteiger partial charge in [-0.25, -0.2) is 0 Å². The number of halogens is 3. The van der Waals surface area contributed by atoms with E-state index in [1.54, 1.807) is 36.4 Å². The van der Waals surface area contributed by atoms with Crippen LogP contribution in [0.25, 0.3) is 0 Å². The molecule has 0 heterocycles. The predicted octanol–water partition coefficient (Wildman–Crippen LogP) is 2.62. The summed E-state index contributed by atoms with van der Waals surface area (Å²) >= 11 is -1.70. The van der Waals surface area contributed by atoms with Crippen LogP contribution >= 0.6 is 0 Å². The Labute approximate surface area is 131 Å². The van der Waals surface area contributed by atoms with Crippen LogP contribution in [0.4, 0.5) is 13.2 Å². The molecule has 3 rings (SSSR count). The fraction of sp³-hybridized carbons (Fsp3) is 0. The van der Waals surface area contributed by atoms with E-state index < -0.39 is 13.9 Å². The molecule has 0 atom stereocenters. The molecule has 0 aromatic heterocycles. The SMILES string of the molecule is Fc1ccc([Se](c2ccc(F)cc2)c2ccc(F)cc2)cc1. The Balaban J connectivity index is 2.10. The van der Waals surface area contributed by atoms with Gasteiger partial charge in [-0.2, -0.15) is 0 Å². The van der Waals surface area contributed by atoms with Crippen molar-refractivity contribution in [3.8, 4) is 0 Å². The van der Waals surface area contributed by atoms with Crippen LogP contribution in [-0.2, 0) is 0 Å². The predicted molar refractivity (Wildman–Crippen MR) is 83.9 cm³/mol. The van der Waals surface area contributed by atoms with Crippen molar-refractivity contribution >= 4 is 27.3 Å². The molecule has 1 radical (unpaired) electrons. The zero-order chi connectivity index (χ0) is 15.5. The van der Waals surface area contributed by atoms with Crippen LogP contribution in [0.5, 0.6) is 0 Å². The zero-order valence-corrected chi connectivity index (χ0v) is 13.2. The van der Waals surface area contributed by atoms with E-state index in [4.69, 9.17) is 0 Å². The Hall–Kier alpha value is -2.03. The van der Waals surface area contributed by atoms with Crippen LogP contribution in [0.1, 0.15) is 0 Å². The molecule has 0 N–H and O–H groups in total. The maximum atomic E-state index is 13.2. The van der Waals surface area contributed by atoms with Gasteiger partial charge in [0, 0.05) is 0 Å². The zero-order valence-electron chi connectivity index (χ0n) is 11.5. The van der Waals surface area contributed by atoms with E-state index in [1.165, 1.54) is 36.4 Å². The second-order valence-corrected chi connectivity index (χ2v) is 8.92. The van der Waals surface area contributed by atoms with Crippen molar-refractivity contribution in [2.75, 3.05) is 0 Å². The number of hydrogen-bond acceptors (Lipinski definition) is 0. The molecule has 0 unspecified atom stereocenters. The van der Waals surface area contributed by atoms with Gasteiger partial charge in [0.25, 0.3) is 0 Å². The van der Waals surface area contributed by atoms with E-state index in [0.717, 1.165) is 13.4 Å². The summed E-state index contributed by atoms with van der Waals surface area (Å²) in [6.45, 7) is 0. The fourth-order valence-electron chi connectivity index (χ4n) is 2.12. The third-order valence-corrected chi connectivity index (χ3v) is 7.83. The van der Waals surface area contributed by atoms with Gasteiger partial charge in [-0.3, -0.25) is 0 Å². The second-order valence-electron chi connectivity index (χ2n) is 4.67. The summed E-state index contributed by atoms with van der Waals surface area (Å²) in [4.78, 5) is 0. The third-order valence-electron chi connectivity index (χ3n) is 3.15.